The zero-order valence-corrected chi connectivity index (χ0v) is 11.6. The molecule has 1 aromatic carbocycles. The number of pyridine rings is 1. The molecule has 2 aromatic rings. The summed E-state index contributed by atoms with van der Waals surface area (Å²) in [6.07, 6.45) is 1.86. The van der Waals surface area contributed by atoms with E-state index in [1.165, 1.54) is 11.1 Å². The molecule has 100 valence electrons. The average molecular weight is 255 g/mol. The molecule has 0 saturated heterocycles. The van der Waals surface area contributed by atoms with Gasteiger partial charge in [-0.15, -0.1) is 0 Å². The Morgan fingerprint density at radius 3 is 2.47 bits per heavy atom. The van der Waals surface area contributed by atoms with Crippen molar-refractivity contribution >= 4 is 5.69 Å². The summed E-state index contributed by atoms with van der Waals surface area (Å²) in [6, 6.07) is 12.2. The molecule has 19 heavy (non-hydrogen) atoms. The molecule has 2 rings (SSSR count). The lowest BCUT2D eigenvalue weighted by Gasteiger charge is -2.21. The molecular formula is C16H21N3. The maximum atomic E-state index is 5.71. The summed E-state index contributed by atoms with van der Waals surface area (Å²) in [5, 5.41) is 0. The molecule has 3 heteroatoms. The second kappa shape index (κ2) is 6.34. The largest absolute Gasteiger partial charge is 0.399 e. The molecule has 0 amide bonds. The summed E-state index contributed by atoms with van der Waals surface area (Å²) in [5.41, 5.74) is 10.2. The predicted molar refractivity (Wildman–Crippen MR) is 79.6 cm³/mol. The Morgan fingerprint density at radius 2 is 1.84 bits per heavy atom. The van der Waals surface area contributed by atoms with Crippen LogP contribution in [0.15, 0.2) is 42.6 Å². The summed E-state index contributed by atoms with van der Waals surface area (Å²) in [4.78, 5) is 6.84. The van der Waals surface area contributed by atoms with Crippen LogP contribution in [0.3, 0.4) is 0 Å². The summed E-state index contributed by atoms with van der Waals surface area (Å²) in [6.45, 7) is 7.09. The smallest absolute Gasteiger partial charge is 0.0573 e. The molecule has 0 radical (unpaired) electrons. The van der Waals surface area contributed by atoms with Gasteiger partial charge in [0, 0.05) is 25.0 Å². The number of hydrogen-bond donors (Lipinski definition) is 1. The van der Waals surface area contributed by atoms with Gasteiger partial charge in [0.25, 0.3) is 0 Å². The van der Waals surface area contributed by atoms with Gasteiger partial charge in [-0.25, -0.2) is 0 Å². The quantitative estimate of drug-likeness (QED) is 0.835. The zero-order chi connectivity index (χ0) is 13.7. The van der Waals surface area contributed by atoms with Crippen LogP contribution in [0.4, 0.5) is 5.69 Å². The van der Waals surface area contributed by atoms with Crippen molar-refractivity contribution in [1.82, 2.24) is 9.88 Å². The molecule has 0 bridgehead atoms. The van der Waals surface area contributed by atoms with Crippen LogP contribution in [0.2, 0.25) is 0 Å². The van der Waals surface area contributed by atoms with Crippen LogP contribution in [0, 0.1) is 6.92 Å². The number of aryl methyl sites for hydroxylation is 1. The molecule has 0 saturated carbocycles. The van der Waals surface area contributed by atoms with E-state index in [4.69, 9.17) is 5.73 Å². The van der Waals surface area contributed by atoms with Gasteiger partial charge >= 0.3 is 0 Å². The van der Waals surface area contributed by atoms with Crippen LogP contribution in [-0.2, 0) is 13.1 Å². The fourth-order valence-corrected chi connectivity index (χ4v) is 2.06. The normalized spacial score (nSPS) is 10.9. The topological polar surface area (TPSA) is 42.1 Å². The van der Waals surface area contributed by atoms with Gasteiger partial charge in [0.1, 0.15) is 0 Å². The third kappa shape index (κ3) is 3.80. The second-order valence-corrected chi connectivity index (χ2v) is 4.81. The minimum absolute atomic E-state index is 0.812. The first kappa shape index (κ1) is 13.6. The SMILES string of the molecule is CCN(Cc1ccc(N)cc1)Cc1ncccc1C. The standard InChI is InChI=1S/C16H21N3/c1-3-19(11-14-6-8-15(17)9-7-14)12-16-13(2)5-4-10-18-16/h4-10H,3,11-12,17H2,1-2H3. The second-order valence-electron chi connectivity index (χ2n) is 4.81. The molecule has 1 aromatic heterocycles. The maximum absolute atomic E-state index is 5.71. The van der Waals surface area contributed by atoms with Gasteiger partial charge in [-0.1, -0.05) is 25.1 Å². The van der Waals surface area contributed by atoms with Crippen molar-refractivity contribution in [3.8, 4) is 0 Å². The number of anilines is 1. The Kier molecular flexibility index (Phi) is 4.53. The lowest BCUT2D eigenvalue weighted by atomic mass is 10.1. The fraction of sp³-hybridized carbons (Fsp3) is 0.312. The Balaban J connectivity index is 2.05. The third-order valence-electron chi connectivity index (χ3n) is 3.32. The lowest BCUT2D eigenvalue weighted by molar-refractivity contribution is 0.267. The Hall–Kier alpha value is -1.87. The van der Waals surface area contributed by atoms with E-state index < -0.39 is 0 Å². The van der Waals surface area contributed by atoms with Crippen molar-refractivity contribution in [3.05, 3.63) is 59.4 Å². The van der Waals surface area contributed by atoms with Crippen molar-refractivity contribution in [2.75, 3.05) is 12.3 Å². The molecule has 0 aliphatic carbocycles. The number of nitrogens with two attached hydrogens (primary N) is 1. The van der Waals surface area contributed by atoms with Crippen LogP contribution in [-0.4, -0.2) is 16.4 Å². The molecule has 0 aliphatic heterocycles. The van der Waals surface area contributed by atoms with Gasteiger partial charge in [0.2, 0.25) is 0 Å². The van der Waals surface area contributed by atoms with Gasteiger partial charge in [-0.2, -0.15) is 0 Å². The third-order valence-corrected chi connectivity index (χ3v) is 3.32. The van der Waals surface area contributed by atoms with Gasteiger partial charge < -0.3 is 5.73 Å². The van der Waals surface area contributed by atoms with Crippen LogP contribution in [0.1, 0.15) is 23.7 Å². The van der Waals surface area contributed by atoms with Crippen molar-refractivity contribution in [3.63, 3.8) is 0 Å². The lowest BCUT2D eigenvalue weighted by Crippen LogP contribution is -2.23. The van der Waals surface area contributed by atoms with Gasteiger partial charge in [0.05, 0.1) is 5.69 Å². The fourth-order valence-electron chi connectivity index (χ4n) is 2.06. The van der Waals surface area contributed by atoms with Crippen molar-refractivity contribution in [2.24, 2.45) is 0 Å². The number of benzene rings is 1. The molecule has 2 N–H and O–H groups in total. The Morgan fingerprint density at radius 1 is 1.11 bits per heavy atom. The van der Waals surface area contributed by atoms with E-state index in [0.29, 0.717) is 0 Å². The molecule has 3 nitrogen and oxygen atoms in total. The molecule has 1 heterocycles. The molecule has 0 fully saturated rings. The van der Waals surface area contributed by atoms with E-state index in [2.05, 4.69) is 41.9 Å². The summed E-state index contributed by atoms with van der Waals surface area (Å²) >= 11 is 0. The minimum atomic E-state index is 0.812. The van der Waals surface area contributed by atoms with Crippen molar-refractivity contribution in [1.29, 1.82) is 0 Å². The van der Waals surface area contributed by atoms with Crippen LogP contribution >= 0.6 is 0 Å². The zero-order valence-electron chi connectivity index (χ0n) is 11.6. The summed E-state index contributed by atoms with van der Waals surface area (Å²) < 4.78 is 0. The van der Waals surface area contributed by atoms with Crippen molar-refractivity contribution in [2.45, 2.75) is 26.9 Å². The van der Waals surface area contributed by atoms with E-state index in [1.807, 2.05) is 24.4 Å². The molecule has 0 unspecified atom stereocenters. The van der Waals surface area contributed by atoms with Crippen LogP contribution in [0.25, 0.3) is 0 Å². The first-order valence-electron chi connectivity index (χ1n) is 6.66. The van der Waals surface area contributed by atoms with E-state index in [-0.39, 0.29) is 0 Å². The number of rotatable bonds is 5. The first-order valence-corrected chi connectivity index (χ1v) is 6.66. The number of nitrogens with zero attached hydrogens (tertiary/aromatic N) is 2. The van der Waals surface area contributed by atoms with Gasteiger partial charge in [0.15, 0.2) is 0 Å². The predicted octanol–water partition coefficient (Wildman–Crippen LogP) is 2.99. The highest BCUT2D eigenvalue weighted by molar-refractivity contribution is 5.39. The Bertz CT molecular complexity index is 520. The molecule has 0 atom stereocenters. The number of hydrogen-bond acceptors (Lipinski definition) is 3. The van der Waals surface area contributed by atoms with E-state index in [1.54, 1.807) is 0 Å². The van der Waals surface area contributed by atoms with Crippen LogP contribution < -0.4 is 5.73 Å². The van der Waals surface area contributed by atoms with E-state index >= 15 is 0 Å². The average Bonchev–Trinajstić information content (AvgIpc) is 2.43. The van der Waals surface area contributed by atoms with Gasteiger partial charge in [-0.05, 0) is 42.8 Å². The Labute approximate surface area is 115 Å². The highest BCUT2D eigenvalue weighted by Gasteiger charge is 2.07. The first-order chi connectivity index (χ1) is 9.19. The summed E-state index contributed by atoms with van der Waals surface area (Å²) in [5.74, 6) is 0. The van der Waals surface area contributed by atoms with Crippen molar-refractivity contribution < 1.29 is 0 Å². The molecule has 0 spiro atoms. The molecule has 0 aliphatic rings. The molecular weight excluding hydrogens is 234 g/mol. The highest BCUT2D eigenvalue weighted by Crippen LogP contribution is 2.12. The highest BCUT2D eigenvalue weighted by atomic mass is 15.1. The van der Waals surface area contributed by atoms with E-state index in [9.17, 15) is 0 Å². The van der Waals surface area contributed by atoms with E-state index in [0.717, 1.165) is 31.0 Å². The maximum Gasteiger partial charge on any atom is 0.0573 e. The van der Waals surface area contributed by atoms with Gasteiger partial charge in [-0.3, -0.25) is 9.88 Å². The number of aromatic nitrogens is 1. The number of nitrogen functional groups attached to an aromatic ring is 1. The monoisotopic (exact) mass is 255 g/mol. The van der Waals surface area contributed by atoms with Crippen LogP contribution in [0.5, 0.6) is 0 Å². The summed E-state index contributed by atoms with van der Waals surface area (Å²) in [7, 11) is 0. The minimum Gasteiger partial charge on any atom is -0.399 e.